The van der Waals surface area contributed by atoms with E-state index in [4.69, 9.17) is 4.74 Å². The zero-order valence-corrected chi connectivity index (χ0v) is 13.3. The average Bonchev–Trinajstić information content (AvgIpc) is 2.74. The molecular weight excluding hydrogens is 260 g/mol. The van der Waals surface area contributed by atoms with Crippen LogP contribution in [0.1, 0.15) is 64.2 Å². The van der Waals surface area contributed by atoms with Crippen molar-refractivity contribution in [3.8, 4) is 0 Å². The van der Waals surface area contributed by atoms with Gasteiger partial charge in [-0.3, -0.25) is 0 Å². The summed E-state index contributed by atoms with van der Waals surface area (Å²) in [4.78, 5) is 11.7. The van der Waals surface area contributed by atoms with Crippen molar-refractivity contribution < 1.29 is 9.53 Å². The maximum atomic E-state index is 11.7. The molecule has 2 atom stereocenters. The fraction of sp³-hybridized carbons (Fsp3) is 0.632. The second kappa shape index (κ2) is 10.4. The summed E-state index contributed by atoms with van der Waals surface area (Å²) < 4.78 is 5.46. The molecule has 21 heavy (non-hydrogen) atoms. The summed E-state index contributed by atoms with van der Waals surface area (Å²) in [6.45, 7) is 11.4. The number of hydrogen-bond acceptors (Lipinski definition) is 2. The van der Waals surface area contributed by atoms with Gasteiger partial charge in [-0.25, -0.2) is 4.79 Å². The second-order valence-electron chi connectivity index (χ2n) is 5.93. The summed E-state index contributed by atoms with van der Waals surface area (Å²) in [5.41, 5.74) is 0.685. The van der Waals surface area contributed by atoms with Crippen molar-refractivity contribution in [1.29, 1.82) is 0 Å². The molecule has 1 aliphatic heterocycles. The predicted octanol–water partition coefficient (Wildman–Crippen LogP) is 5.36. The highest BCUT2D eigenvalue weighted by molar-refractivity contribution is 5.90. The van der Waals surface area contributed by atoms with Crippen LogP contribution < -0.4 is 0 Å². The van der Waals surface area contributed by atoms with E-state index in [9.17, 15) is 4.79 Å². The van der Waals surface area contributed by atoms with Gasteiger partial charge in [-0.2, -0.15) is 0 Å². The van der Waals surface area contributed by atoms with E-state index >= 15 is 0 Å². The van der Waals surface area contributed by atoms with Gasteiger partial charge in [0, 0.05) is 11.5 Å². The zero-order chi connectivity index (χ0) is 15.5. The molecule has 0 radical (unpaired) electrons. The molecule has 1 fully saturated rings. The molecule has 1 heterocycles. The number of ether oxygens (including phenoxy) is 1. The summed E-state index contributed by atoms with van der Waals surface area (Å²) in [5.74, 6) is 0.0464. The Morgan fingerprint density at radius 3 is 2.24 bits per heavy atom. The molecule has 0 N–H and O–H groups in total. The Morgan fingerprint density at radius 2 is 1.52 bits per heavy atom. The molecule has 0 aromatic heterocycles. The van der Waals surface area contributed by atoms with Gasteiger partial charge >= 0.3 is 5.97 Å². The standard InChI is InChI=1S/C19H30O2/c1-4-6-8-9-10-11-13-14-17-16(3)19(20)21-18(17)15-12-7-5-2/h4-5,17-18H,1-3,6-15H2/t17-,18-/m1/s1. The van der Waals surface area contributed by atoms with Crippen LogP contribution in [0.25, 0.3) is 0 Å². The minimum atomic E-state index is -0.186. The van der Waals surface area contributed by atoms with Gasteiger partial charge < -0.3 is 4.74 Å². The van der Waals surface area contributed by atoms with Gasteiger partial charge in [-0.05, 0) is 38.5 Å². The van der Waals surface area contributed by atoms with E-state index in [1.54, 1.807) is 0 Å². The molecule has 2 nitrogen and oxygen atoms in total. The third-order valence-corrected chi connectivity index (χ3v) is 4.24. The van der Waals surface area contributed by atoms with Crippen molar-refractivity contribution in [2.75, 3.05) is 0 Å². The lowest BCUT2D eigenvalue weighted by Gasteiger charge is -2.17. The number of unbranched alkanes of at least 4 members (excludes halogenated alkanes) is 6. The molecule has 2 heteroatoms. The lowest BCUT2D eigenvalue weighted by molar-refractivity contribution is -0.139. The zero-order valence-electron chi connectivity index (χ0n) is 13.3. The molecule has 0 unspecified atom stereocenters. The monoisotopic (exact) mass is 290 g/mol. The Bertz CT molecular complexity index is 357. The Labute approximate surface area is 130 Å². The van der Waals surface area contributed by atoms with Crippen LogP contribution in [-0.4, -0.2) is 12.1 Å². The van der Waals surface area contributed by atoms with Crippen LogP contribution in [0.2, 0.25) is 0 Å². The van der Waals surface area contributed by atoms with E-state index in [2.05, 4.69) is 19.7 Å². The van der Waals surface area contributed by atoms with E-state index in [0.717, 1.165) is 38.5 Å². The summed E-state index contributed by atoms with van der Waals surface area (Å²) >= 11 is 0. The smallest absolute Gasteiger partial charge is 0.334 e. The molecular formula is C19H30O2. The Kier molecular flexibility index (Phi) is 8.80. The number of allylic oxidation sites excluding steroid dienone is 2. The third-order valence-electron chi connectivity index (χ3n) is 4.24. The number of hydrogen-bond donors (Lipinski definition) is 0. The second-order valence-corrected chi connectivity index (χ2v) is 5.93. The van der Waals surface area contributed by atoms with E-state index in [0.29, 0.717) is 5.57 Å². The maximum absolute atomic E-state index is 11.7. The fourth-order valence-electron chi connectivity index (χ4n) is 2.94. The highest BCUT2D eigenvalue weighted by atomic mass is 16.6. The van der Waals surface area contributed by atoms with Gasteiger partial charge in [0.15, 0.2) is 0 Å². The number of rotatable bonds is 12. The molecule has 0 saturated carbocycles. The SMILES string of the molecule is C=CCCCCCCC[C@@H]1C(=C)C(=O)O[C@@H]1CCCC=C. The number of cyclic esters (lactones) is 1. The highest BCUT2D eigenvalue weighted by Gasteiger charge is 2.37. The van der Waals surface area contributed by atoms with E-state index in [1.807, 2.05) is 12.2 Å². The first-order valence-corrected chi connectivity index (χ1v) is 8.32. The van der Waals surface area contributed by atoms with Crippen LogP contribution in [0.4, 0.5) is 0 Å². The average molecular weight is 290 g/mol. The lowest BCUT2D eigenvalue weighted by atomic mass is 9.88. The van der Waals surface area contributed by atoms with E-state index in [1.165, 1.54) is 25.7 Å². The molecule has 118 valence electrons. The topological polar surface area (TPSA) is 26.3 Å². The number of carbonyl (C=O) groups is 1. The minimum absolute atomic E-state index is 0.0470. The van der Waals surface area contributed by atoms with Crippen LogP contribution in [0, 0.1) is 5.92 Å². The summed E-state index contributed by atoms with van der Waals surface area (Å²) in [5, 5.41) is 0. The Morgan fingerprint density at radius 1 is 0.905 bits per heavy atom. The van der Waals surface area contributed by atoms with Crippen molar-refractivity contribution in [3.63, 3.8) is 0 Å². The van der Waals surface area contributed by atoms with Crippen molar-refractivity contribution in [2.24, 2.45) is 5.92 Å². The van der Waals surface area contributed by atoms with Gasteiger partial charge in [-0.15, -0.1) is 13.2 Å². The van der Waals surface area contributed by atoms with Crippen LogP contribution in [0.15, 0.2) is 37.5 Å². The van der Waals surface area contributed by atoms with Gasteiger partial charge in [0.2, 0.25) is 0 Å². The van der Waals surface area contributed by atoms with E-state index < -0.39 is 0 Å². The fourth-order valence-corrected chi connectivity index (χ4v) is 2.94. The molecule has 0 amide bonds. The van der Waals surface area contributed by atoms with Crippen molar-refractivity contribution >= 4 is 5.97 Å². The molecule has 0 spiro atoms. The van der Waals surface area contributed by atoms with Crippen LogP contribution in [0.3, 0.4) is 0 Å². The molecule has 1 rings (SSSR count). The summed E-state index contributed by atoms with van der Waals surface area (Å²) in [6.07, 6.45) is 15.2. The minimum Gasteiger partial charge on any atom is -0.458 e. The lowest BCUT2D eigenvalue weighted by Crippen LogP contribution is -2.16. The van der Waals surface area contributed by atoms with Crippen molar-refractivity contribution in [2.45, 2.75) is 70.3 Å². The van der Waals surface area contributed by atoms with Crippen LogP contribution in [0.5, 0.6) is 0 Å². The Hall–Kier alpha value is -1.31. The molecule has 0 aliphatic carbocycles. The first-order valence-electron chi connectivity index (χ1n) is 8.32. The highest BCUT2D eigenvalue weighted by Crippen LogP contribution is 2.33. The summed E-state index contributed by atoms with van der Waals surface area (Å²) in [6, 6.07) is 0. The maximum Gasteiger partial charge on any atom is 0.334 e. The number of carbonyl (C=O) groups excluding carboxylic acids is 1. The molecule has 1 aliphatic rings. The molecule has 0 bridgehead atoms. The van der Waals surface area contributed by atoms with Crippen molar-refractivity contribution in [3.05, 3.63) is 37.5 Å². The van der Waals surface area contributed by atoms with Gasteiger partial charge in [0.1, 0.15) is 6.10 Å². The Balaban J connectivity index is 2.25. The predicted molar refractivity (Wildman–Crippen MR) is 89.1 cm³/mol. The van der Waals surface area contributed by atoms with Gasteiger partial charge in [0.05, 0.1) is 0 Å². The quantitative estimate of drug-likeness (QED) is 0.209. The summed E-state index contributed by atoms with van der Waals surface area (Å²) in [7, 11) is 0. The molecule has 0 aromatic rings. The first-order chi connectivity index (χ1) is 10.2. The third kappa shape index (κ3) is 6.33. The largest absolute Gasteiger partial charge is 0.458 e. The van der Waals surface area contributed by atoms with Crippen LogP contribution >= 0.6 is 0 Å². The normalized spacial score (nSPS) is 21.3. The number of esters is 1. The van der Waals surface area contributed by atoms with Gasteiger partial charge in [0.25, 0.3) is 0 Å². The molecule has 0 aromatic carbocycles. The van der Waals surface area contributed by atoms with Crippen molar-refractivity contribution in [1.82, 2.24) is 0 Å². The van der Waals surface area contributed by atoms with E-state index in [-0.39, 0.29) is 18.0 Å². The van der Waals surface area contributed by atoms with Crippen LogP contribution in [-0.2, 0) is 9.53 Å². The molecule has 1 saturated heterocycles. The van der Waals surface area contributed by atoms with Gasteiger partial charge in [-0.1, -0.05) is 44.4 Å². The first kappa shape index (κ1) is 17.7.